The summed E-state index contributed by atoms with van der Waals surface area (Å²) in [5.41, 5.74) is 7.20. The Kier molecular flexibility index (Phi) is 6.24. The number of methoxy groups -OCH3 is 1. The van der Waals surface area contributed by atoms with E-state index in [0.717, 1.165) is 65.6 Å². The predicted molar refractivity (Wildman–Crippen MR) is 142 cm³/mol. The molecule has 2 aromatic heterocycles. The van der Waals surface area contributed by atoms with Crippen molar-refractivity contribution >= 4 is 17.0 Å². The predicted octanol–water partition coefficient (Wildman–Crippen LogP) is 4.65. The molecule has 0 aliphatic carbocycles. The first kappa shape index (κ1) is 23.0. The van der Waals surface area contributed by atoms with Gasteiger partial charge in [-0.1, -0.05) is 36.4 Å². The van der Waals surface area contributed by atoms with E-state index >= 15 is 0 Å². The molecule has 2 aromatic carbocycles. The van der Waals surface area contributed by atoms with Crippen molar-refractivity contribution in [2.45, 2.75) is 32.6 Å². The molecule has 5 rings (SSSR count). The van der Waals surface area contributed by atoms with E-state index in [4.69, 9.17) is 9.72 Å². The molecule has 0 unspecified atom stereocenters. The summed E-state index contributed by atoms with van der Waals surface area (Å²) in [6.45, 7) is 3.90. The Morgan fingerprint density at radius 2 is 1.80 bits per heavy atom. The smallest absolute Gasteiger partial charge is 0.276 e. The molecule has 1 N–H and O–H groups in total. The van der Waals surface area contributed by atoms with Crippen LogP contribution in [-0.4, -0.2) is 48.9 Å². The monoisotopic (exact) mass is 471 g/mol. The van der Waals surface area contributed by atoms with Crippen molar-refractivity contribution in [2.24, 2.45) is 0 Å². The fourth-order valence-electron chi connectivity index (χ4n) is 5.03. The zero-order valence-electron chi connectivity index (χ0n) is 21.0. The van der Waals surface area contributed by atoms with E-state index in [2.05, 4.69) is 28.2 Å². The maximum Gasteiger partial charge on any atom is 0.276 e. The van der Waals surface area contributed by atoms with Gasteiger partial charge in [-0.2, -0.15) is 4.52 Å². The number of aromatic amines is 1. The number of rotatable bonds is 6. The lowest BCUT2D eigenvalue weighted by Crippen LogP contribution is -2.30. The summed E-state index contributed by atoms with van der Waals surface area (Å²) >= 11 is 0. The van der Waals surface area contributed by atoms with E-state index in [9.17, 15) is 4.79 Å². The highest BCUT2D eigenvalue weighted by Gasteiger charge is 2.24. The van der Waals surface area contributed by atoms with Crippen molar-refractivity contribution in [3.05, 3.63) is 75.7 Å². The second kappa shape index (κ2) is 9.49. The molecule has 7 nitrogen and oxygen atoms in total. The summed E-state index contributed by atoms with van der Waals surface area (Å²) in [5, 5.41) is 3.42. The third-order valence-electron chi connectivity index (χ3n) is 6.90. The fraction of sp³-hybridized carbons (Fsp3) is 0.357. The highest BCUT2D eigenvalue weighted by molar-refractivity contribution is 5.86. The summed E-state index contributed by atoms with van der Waals surface area (Å²) in [7, 11) is 5.65. The van der Waals surface area contributed by atoms with E-state index in [1.807, 2.05) is 56.3 Å². The van der Waals surface area contributed by atoms with E-state index in [-0.39, 0.29) is 5.56 Å². The molecule has 0 saturated carbocycles. The van der Waals surface area contributed by atoms with Gasteiger partial charge in [0.15, 0.2) is 5.65 Å². The summed E-state index contributed by atoms with van der Waals surface area (Å²) in [5.74, 6) is 0.809. The molecule has 0 amide bonds. The van der Waals surface area contributed by atoms with Gasteiger partial charge in [0, 0.05) is 50.4 Å². The van der Waals surface area contributed by atoms with Crippen molar-refractivity contribution in [3.63, 3.8) is 0 Å². The molecule has 1 aliphatic heterocycles. The highest BCUT2D eigenvalue weighted by atomic mass is 16.5. The molecule has 182 valence electrons. The van der Waals surface area contributed by atoms with Crippen molar-refractivity contribution < 1.29 is 4.74 Å². The number of aromatic nitrogens is 3. The molecule has 0 radical (unpaired) electrons. The number of hydrogen-bond donors (Lipinski definition) is 1. The minimum absolute atomic E-state index is 0.0461. The molecular weight excluding hydrogens is 438 g/mol. The van der Waals surface area contributed by atoms with Crippen LogP contribution < -0.4 is 20.1 Å². The maximum absolute atomic E-state index is 13.8. The van der Waals surface area contributed by atoms with Gasteiger partial charge < -0.3 is 14.5 Å². The minimum atomic E-state index is -0.0461. The molecule has 1 aliphatic rings. The van der Waals surface area contributed by atoms with Crippen LogP contribution in [-0.2, 0) is 6.42 Å². The van der Waals surface area contributed by atoms with Gasteiger partial charge in [-0.05, 0) is 43.9 Å². The molecule has 7 heteroatoms. The first-order valence-electron chi connectivity index (χ1n) is 12.3. The van der Waals surface area contributed by atoms with E-state index < -0.39 is 0 Å². The second-order valence-corrected chi connectivity index (χ2v) is 9.47. The zero-order chi connectivity index (χ0) is 24.5. The Hall–Kier alpha value is -3.74. The van der Waals surface area contributed by atoms with Gasteiger partial charge in [-0.3, -0.25) is 9.89 Å². The molecule has 35 heavy (non-hydrogen) atoms. The normalized spacial score (nSPS) is 13.9. The van der Waals surface area contributed by atoms with Gasteiger partial charge >= 0.3 is 0 Å². The Morgan fingerprint density at radius 1 is 1.06 bits per heavy atom. The number of piperidine rings is 1. The molecular formula is C28H33N5O2. The number of ether oxygens (including phenoxy) is 1. The van der Waals surface area contributed by atoms with Crippen molar-refractivity contribution in [1.82, 2.24) is 14.6 Å². The van der Waals surface area contributed by atoms with Gasteiger partial charge in [0.25, 0.3) is 5.56 Å². The third kappa shape index (κ3) is 4.27. The number of H-pyrrole nitrogens is 1. The first-order chi connectivity index (χ1) is 17.0. The Balaban J connectivity index is 1.64. The number of hydrogen-bond acceptors (Lipinski definition) is 5. The molecule has 4 aromatic rings. The summed E-state index contributed by atoms with van der Waals surface area (Å²) in [6, 6.07) is 16.3. The van der Waals surface area contributed by atoms with Crippen LogP contribution in [0.2, 0.25) is 0 Å². The Bertz CT molecular complexity index is 1400. The molecule has 0 spiro atoms. The van der Waals surface area contributed by atoms with Crippen molar-refractivity contribution in [1.29, 1.82) is 0 Å². The van der Waals surface area contributed by atoms with Crippen LogP contribution >= 0.6 is 0 Å². The highest BCUT2D eigenvalue weighted by Crippen LogP contribution is 2.35. The number of aryl methyl sites for hydroxylation is 1. The molecule has 3 heterocycles. The third-order valence-corrected chi connectivity index (χ3v) is 6.90. The number of nitrogens with zero attached hydrogens (tertiary/aromatic N) is 4. The SMILES string of the molecule is COc1ccc(Cc2c(C)nc3c(N4CCCCC4)c(-c4ccccc4)[nH]n3c2=O)cc1N(C)C. The van der Waals surface area contributed by atoms with Gasteiger partial charge in [0.05, 0.1) is 18.5 Å². The lowest BCUT2D eigenvalue weighted by molar-refractivity contribution is 0.415. The topological polar surface area (TPSA) is 65.9 Å². The minimum Gasteiger partial charge on any atom is -0.495 e. The number of anilines is 2. The average Bonchev–Trinajstić information content (AvgIpc) is 3.27. The van der Waals surface area contributed by atoms with Gasteiger partial charge in [-0.25, -0.2) is 4.98 Å². The molecule has 1 fully saturated rings. The van der Waals surface area contributed by atoms with Crippen LogP contribution in [0.3, 0.4) is 0 Å². The number of benzene rings is 2. The average molecular weight is 472 g/mol. The van der Waals surface area contributed by atoms with Gasteiger partial charge in [0.2, 0.25) is 0 Å². The van der Waals surface area contributed by atoms with Crippen LogP contribution in [0.25, 0.3) is 16.9 Å². The molecule has 0 bridgehead atoms. The molecule has 0 atom stereocenters. The zero-order valence-corrected chi connectivity index (χ0v) is 21.0. The first-order valence-corrected chi connectivity index (χ1v) is 12.3. The van der Waals surface area contributed by atoms with Crippen LogP contribution in [0.1, 0.15) is 36.1 Å². The largest absolute Gasteiger partial charge is 0.495 e. The van der Waals surface area contributed by atoms with Gasteiger partial charge in [0.1, 0.15) is 11.4 Å². The van der Waals surface area contributed by atoms with E-state index in [1.165, 1.54) is 6.42 Å². The summed E-state index contributed by atoms with van der Waals surface area (Å²) < 4.78 is 7.15. The number of nitrogens with one attached hydrogen (secondary N) is 1. The standard InChI is InChI=1S/C28H33N5O2/c1-19-22(17-20-13-14-24(35-4)23(18-20)31(2)3)28(34)33-27(29-19)26(32-15-9-6-10-16-32)25(30-33)21-11-7-5-8-12-21/h5,7-8,11-14,18,30H,6,9-10,15-17H2,1-4H3. The fourth-order valence-corrected chi connectivity index (χ4v) is 5.03. The second-order valence-electron chi connectivity index (χ2n) is 9.47. The van der Waals surface area contributed by atoms with Crippen LogP contribution in [0.5, 0.6) is 5.75 Å². The Labute approximate surface area is 206 Å². The van der Waals surface area contributed by atoms with Crippen molar-refractivity contribution in [3.8, 4) is 17.0 Å². The van der Waals surface area contributed by atoms with E-state index in [1.54, 1.807) is 11.6 Å². The summed E-state index contributed by atoms with van der Waals surface area (Å²) in [4.78, 5) is 23.2. The molecule has 1 saturated heterocycles. The lowest BCUT2D eigenvalue weighted by atomic mass is 10.0. The summed E-state index contributed by atoms with van der Waals surface area (Å²) in [6.07, 6.45) is 4.05. The van der Waals surface area contributed by atoms with Gasteiger partial charge in [-0.15, -0.1) is 0 Å². The van der Waals surface area contributed by atoms with Crippen molar-refractivity contribution in [2.75, 3.05) is 44.1 Å². The number of fused-ring (bicyclic) bond motifs is 1. The lowest BCUT2D eigenvalue weighted by Gasteiger charge is -2.28. The van der Waals surface area contributed by atoms with Crippen LogP contribution in [0, 0.1) is 6.92 Å². The van der Waals surface area contributed by atoms with E-state index in [0.29, 0.717) is 17.6 Å². The van der Waals surface area contributed by atoms with Crippen LogP contribution in [0.15, 0.2) is 53.3 Å². The quantitative estimate of drug-likeness (QED) is 0.443. The maximum atomic E-state index is 13.8. The van der Waals surface area contributed by atoms with Crippen LogP contribution in [0.4, 0.5) is 11.4 Å². The Morgan fingerprint density at radius 3 is 2.49 bits per heavy atom.